The van der Waals surface area contributed by atoms with Gasteiger partial charge in [0, 0.05) is 6.04 Å². The summed E-state index contributed by atoms with van der Waals surface area (Å²) < 4.78 is 10.9. The average molecular weight is 279 g/mol. The van der Waals surface area contributed by atoms with Crippen molar-refractivity contribution in [1.82, 2.24) is 5.32 Å². The highest BCUT2D eigenvalue weighted by atomic mass is 16.5. The molecule has 1 rings (SSSR count). The molecule has 0 bridgehead atoms. The number of hydrogen-bond donors (Lipinski definition) is 1. The third kappa shape index (κ3) is 5.11. The summed E-state index contributed by atoms with van der Waals surface area (Å²) in [6.45, 7) is 6.76. The molecule has 0 aromatic heterocycles. The summed E-state index contributed by atoms with van der Waals surface area (Å²) in [6.07, 6.45) is 2.23. The minimum atomic E-state index is 0.0311. The van der Waals surface area contributed by atoms with Gasteiger partial charge in [-0.2, -0.15) is 0 Å². The van der Waals surface area contributed by atoms with Crippen LogP contribution in [0.5, 0.6) is 11.5 Å². The Morgan fingerprint density at radius 2 is 2.05 bits per heavy atom. The predicted molar refractivity (Wildman–Crippen MR) is 80.4 cm³/mol. The molecule has 0 unspecified atom stereocenters. The molecular weight excluding hydrogens is 254 g/mol. The molecule has 1 aromatic rings. The summed E-state index contributed by atoms with van der Waals surface area (Å²) in [5.41, 5.74) is 0.923. The Morgan fingerprint density at radius 3 is 2.65 bits per heavy atom. The number of ether oxygens (including phenoxy) is 2. The molecule has 0 aliphatic heterocycles. The lowest BCUT2D eigenvalue weighted by molar-refractivity contribution is -0.121. The van der Waals surface area contributed by atoms with E-state index in [1.165, 1.54) is 0 Å². The quantitative estimate of drug-likeness (QED) is 0.796. The highest BCUT2D eigenvalue weighted by molar-refractivity contribution is 5.79. The predicted octanol–water partition coefficient (Wildman–Crippen LogP) is 2.94. The zero-order valence-corrected chi connectivity index (χ0v) is 12.9. The fourth-order valence-electron chi connectivity index (χ4n) is 1.77. The molecule has 0 fully saturated rings. The Balaban J connectivity index is 2.69. The number of hydrogen-bond acceptors (Lipinski definition) is 3. The average Bonchev–Trinajstić information content (AvgIpc) is 2.45. The molecule has 112 valence electrons. The molecule has 1 atom stereocenters. The van der Waals surface area contributed by atoms with Gasteiger partial charge >= 0.3 is 0 Å². The van der Waals surface area contributed by atoms with Crippen molar-refractivity contribution in [3.63, 3.8) is 0 Å². The Kier molecular flexibility index (Phi) is 6.91. The van der Waals surface area contributed by atoms with Crippen LogP contribution in [0.1, 0.15) is 39.2 Å². The summed E-state index contributed by atoms with van der Waals surface area (Å²) in [4.78, 5) is 11.9. The number of carbonyl (C=O) groups is 1. The van der Waals surface area contributed by atoms with Crippen molar-refractivity contribution in [3.05, 3.63) is 23.8 Å². The lowest BCUT2D eigenvalue weighted by Crippen LogP contribution is -2.33. The van der Waals surface area contributed by atoms with Crippen molar-refractivity contribution in [1.29, 1.82) is 0 Å². The molecule has 0 saturated carbocycles. The molecule has 0 aliphatic carbocycles. The zero-order chi connectivity index (χ0) is 15.0. The van der Waals surface area contributed by atoms with Crippen LogP contribution in [0.25, 0.3) is 0 Å². The minimum Gasteiger partial charge on any atom is -0.493 e. The van der Waals surface area contributed by atoms with E-state index in [9.17, 15) is 4.79 Å². The van der Waals surface area contributed by atoms with E-state index in [0.29, 0.717) is 18.8 Å². The van der Waals surface area contributed by atoms with Gasteiger partial charge in [-0.05, 0) is 37.5 Å². The van der Waals surface area contributed by atoms with Gasteiger partial charge in [-0.15, -0.1) is 0 Å². The van der Waals surface area contributed by atoms with E-state index in [4.69, 9.17) is 9.47 Å². The van der Waals surface area contributed by atoms with Gasteiger partial charge < -0.3 is 14.8 Å². The van der Waals surface area contributed by atoms with Gasteiger partial charge in [-0.25, -0.2) is 0 Å². The van der Waals surface area contributed by atoms with Gasteiger partial charge in [0.2, 0.25) is 5.91 Å². The van der Waals surface area contributed by atoms with Gasteiger partial charge in [-0.1, -0.05) is 19.9 Å². The first-order valence-electron chi connectivity index (χ1n) is 7.19. The monoisotopic (exact) mass is 279 g/mol. The molecule has 0 spiro atoms. The maximum atomic E-state index is 11.9. The highest BCUT2D eigenvalue weighted by Crippen LogP contribution is 2.28. The molecule has 0 heterocycles. The van der Waals surface area contributed by atoms with Crippen molar-refractivity contribution in [2.45, 2.75) is 46.1 Å². The maximum absolute atomic E-state index is 11.9. The molecule has 4 nitrogen and oxygen atoms in total. The second-order valence-electron chi connectivity index (χ2n) is 4.89. The van der Waals surface area contributed by atoms with Crippen LogP contribution in [-0.2, 0) is 11.2 Å². The molecule has 1 aromatic carbocycles. The molecule has 1 amide bonds. The fourth-order valence-corrected chi connectivity index (χ4v) is 1.77. The lowest BCUT2D eigenvalue weighted by Gasteiger charge is -2.13. The van der Waals surface area contributed by atoms with Crippen LogP contribution in [0.3, 0.4) is 0 Å². The lowest BCUT2D eigenvalue weighted by atomic mass is 10.1. The number of rotatable bonds is 8. The van der Waals surface area contributed by atoms with Crippen LogP contribution >= 0.6 is 0 Å². The number of nitrogens with one attached hydrogen (secondary N) is 1. The molecule has 1 N–H and O–H groups in total. The van der Waals surface area contributed by atoms with Crippen molar-refractivity contribution in [2.24, 2.45) is 0 Å². The molecule has 4 heteroatoms. The Hall–Kier alpha value is -1.71. The number of carbonyl (C=O) groups excluding carboxylic acids is 1. The summed E-state index contributed by atoms with van der Waals surface area (Å²) in [5, 5.41) is 2.95. The largest absolute Gasteiger partial charge is 0.493 e. The number of methoxy groups -OCH3 is 1. The summed E-state index contributed by atoms with van der Waals surface area (Å²) in [7, 11) is 1.61. The molecule has 20 heavy (non-hydrogen) atoms. The third-order valence-electron chi connectivity index (χ3n) is 3.07. The molecular formula is C16H25NO3. The van der Waals surface area contributed by atoms with Crippen LogP contribution in [0.2, 0.25) is 0 Å². The first kappa shape index (κ1) is 16.3. The summed E-state index contributed by atoms with van der Waals surface area (Å²) in [6, 6.07) is 5.84. The molecule has 0 aliphatic rings. The second-order valence-corrected chi connectivity index (χ2v) is 4.89. The normalized spacial score (nSPS) is 11.8. The van der Waals surface area contributed by atoms with Crippen molar-refractivity contribution in [3.8, 4) is 11.5 Å². The van der Waals surface area contributed by atoms with Crippen molar-refractivity contribution in [2.75, 3.05) is 13.7 Å². The van der Waals surface area contributed by atoms with Crippen LogP contribution in [0.15, 0.2) is 18.2 Å². The van der Waals surface area contributed by atoms with Crippen LogP contribution in [0.4, 0.5) is 0 Å². The van der Waals surface area contributed by atoms with Gasteiger partial charge in [0.25, 0.3) is 0 Å². The van der Waals surface area contributed by atoms with Crippen LogP contribution in [-0.4, -0.2) is 25.7 Å². The maximum Gasteiger partial charge on any atom is 0.224 e. The molecule has 0 radical (unpaired) electrons. The highest BCUT2D eigenvalue weighted by Gasteiger charge is 2.10. The Bertz CT molecular complexity index is 432. The van der Waals surface area contributed by atoms with E-state index >= 15 is 0 Å². The van der Waals surface area contributed by atoms with Gasteiger partial charge in [0.15, 0.2) is 11.5 Å². The van der Waals surface area contributed by atoms with E-state index in [-0.39, 0.29) is 11.9 Å². The third-order valence-corrected chi connectivity index (χ3v) is 3.07. The van der Waals surface area contributed by atoms with Gasteiger partial charge in [0.05, 0.1) is 20.1 Å². The number of benzene rings is 1. The first-order chi connectivity index (χ1) is 9.60. The minimum absolute atomic E-state index is 0.0311. The van der Waals surface area contributed by atoms with Crippen molar-refractivity contribution >= 4 is 5.91 Å². The fraction of sp³-hybridized carbons (Fsp3) is 0.562. The summed E-state index contributed by atoms with van der Waals surface area (Å²) in [5.74, 6) is 1.43. The van der Waals surface area contributed by atoms with E-state index in [1.54, 1.807) is 7.11 Å². The smallest absolute Gasteiger partial charge is 0.224 e. The van der Waals surface area contributed by atoms with E-state index in [0.717, 1.165) is 24.2 Å². The number of amides is 1. The first-order valence-corrected chi connectivity index (χ1v) is 7.19. The standard InChI is InChI=1S/C16H25NO3/c1-5-9-20-14-8-7-13(10-15(14)19-4)11-16(18)17-12(3)6-2/h7-8,10,12H,5-6,9,11H2,1-4H3,(H,17,18)/t12-/m0/s1. The van der Waals surface area contributed by atoms with Crippen LogP contribution in [0, 0.1) is 0 Å². The van der Waals surface area contributed by atoms with E-state index in [2.05, 4.69) is 12.2 Å². The second kappa shape index (κ2) is 8.46. The van der Waals surface area contributed by atoms with E-state index in [1.807, 2.05) is 32.0 Å². The van der Waals surface area contributed by atoms with Crippen LogP contribution < -0.4 is 14.8 Å². The van der Waals surface area contributed by atoms with Crippen molar-refractivity contribution < 1.29 is 14.3 Å². The topological polar surface area (TPSA) is 47.6 Å². The summed E-state index contributed by atoms with van der Waals surface area (Å²) >= 11 is 0. The Morgan fingerprint density at radius 1 is 1.30 bits per heavy atom. The van der Waals surface area contributed by atoms with Gasteiger partial charge in [0.1, 0.15) is 0 Å². The SMILES string of the molecule is CCCOc1ccc(CC(=O)N[C@@H](C)CC)cc1OC. The zero-order valence-electron chi connectivity index (χ0n) is 12.9. The van der Waals surface area contributed by atoms with E-state index < -0.39 is 0 Å². The molecule has 0 saturated heterocycles. The Labute approximate surface area is 121 Å². The van der Waals surface area contributed by atoms with Gasteiger partial charge in [-0.3, -0.25) is 4.79 Å².